The zero-order valence-electron chi connectivity index (χ0n) is 12.9. The number of carbonyl (C=O) groups excluding carboxylic acids is 1. The molecule has 0 aromatic carbocycles. The van der Waals surface area contributed by atoms with Gasteiger partial charge >= 0.3 is 0 Å². The normalized spacial score (nSPS) is 19.0. The van der Waals surface area contributed by atoms with E-state index in [-0.39, 0.29) is 5.91 Å². The van der Waals surface area contributed by atoms with Gasteiger partial charge in [0.2, 0.25) is 0 Å². The van der Waals surface area contributed by atoms with Gasteiger partial charge in [-0.1, -0.05) is 6.92 Å². The van der Waals surface area contributed by atoms with Crippen molar-refractivity contribution in [2.75, 3.05) is 18.8 Å². The maximum atomic E-state index is 12.7. The van der Waals surface area contributed by atoms with Crippen LogP contribution < -0.4 is 0 Å². The molecule has 1 aliphatic rings. The molecule has 0 aliphatic carbocycles. The fourth-order valence-electron chi connectivity index (χ4n) is 2.56. The minimum Gasteiger partial charge on any atom is -0.341 e. The van der Waals surface area contributed by atoms with Crippen LogP contribution in [0.15, 0.2) is 24.5 Å². The van der Waals surface area contributed by atoms with Gasteiger partial charge in [0, 0.05) is 47.7 Å². The van der Waals surface area contributed by atoms with Crippen LogP contribution in [0.2, 0.25) is 0 Å². The van der Waals surface area contributed by atoms with Gasteiger partial charge in [-0.25, -0.2) is 4.98 Å². The summed E-state index contributed by atoms with van der Waals surface area (Å²) in [7, 11) is 0. The molecule has 0 bridgehead atoms. The Morgan fingerprint density at radius 3 is 3.09 bits per heavy atom. The van der Waals surface area contributed by atoms with E-state index in [4.69, 9.17) is 0 Å². The van der Waals surface area contributed by atoms with Crippen LogP contribution in [-0.4, -0.2) is 49.9 Å². The number of pyridine rings is 1. The number of aryl methyl sites for hydroxylation is 1. The van der Waals surface area contributed by atoms with E-state index in [1.165, 1.54) is 0 Å². The Kier molecular flexibility index (Phi) is 4.47. The molecule has 0 radical (unpaired) electrons. The summed E-state index contributed by atoms with van der Waals surface area (Å²) in [5, 5.41) is 0.615. The third-order valence-electron chi connectivity index (χ3n) is 3.88. The minimum atomic E-state index is 0.0265. The molecule has 1 unspecified atom stereocenters. The molecule has 3 rings (SSSR count). The molecule has 1 N–H and O–H groups in total. The highest BCUT2D eigenvalue weighted by Crippen LogP contribution is 2.22. The van der Waals surface area contributed by atoms with Crippen molar-refractivity contribution >= 4 is 17.7 Å². The lowest BCUT2D eigenvalue weighted by molar-refractivity contribution is 0.0761. The van der Waals surface area contributed by atoms with E-state index in [0.717, 1.165) is 36.5 Å². The van der Waals surface area contributed by atoms with E-state index in [2.05, 4.69) is 21.9 Å². The van der Waals surface area contributed by atoms with Crippen LogP contribution in [0.4, 0.5) is 0 Å². The molecule has 1 fully saturated rings. The fraction of sp³-hybridized carbons (Fsp3) is 0.438. The third-order valence-corrected chi connectivity index (χ3v) is 5.10. The van der Waals surface area contributed by atoms with Crippen LogP contribution >= 0.6 is 11.8 Å². The van der Waals surface area contributed by atoms with Crippen LogP contribution in [0.1, 0.15) is 29.5 Å². The molecular weight excluding hydrogens is 296 g/mol. The molecule has 1 atom stereocenters. The van der Waals surface area contributed by atoms with Crippen molar-refractivity contribution in [2.24, 2.45) is 0 Å². The van der Waals surface area contributed by atoms with E-state index in [9.17, 15) is 4.79 Å². The maximum Gasteiger partial charge on any atom is 0.274 e. The van der Waals surface area contributed by atoms with Crippen molar-refractivity contribution in [2.45, 2.75) is 25.5 Å². The quantitative estimate of drug-likeness (QED) is 0.925. The Hall–Kier alpha value is -1.82. The largest absolute Gasteiger partial charge is 0.341 e. The minimum absolute atomic E-state index is 0.0265. The number of hydrogen-bond donors (Lipinski definition) is 1. The summed E-state index contributed by atoms with van der Waals surface area (Å²) in [5.41, 5.74) is 2.23. The van der Waals surface area contributed by atoms with Crippen molar-refractivity contribution in [1.82, 2.24) is 19.9 Å². The first-order chi connectivity index (χ1) is 10.6. The molecule has 6 heteroatoms. The van der Waals surface area contributed by atoms with E-state index >= 15 is 0 Å². The van der Waals surface area contributed by atoms with Gasteiger partial charge < -0.3 is 9.88 Å². The molecule has 116 valence electrons. The number of H-pyrrole nitrogens is 1. The van der Waals surface area contributed by atoms with Crippen molar-refractivity contribution in [3.05, 3.63) is 35.9 Å². The molecule has 22 heavy (non-hydrogen) atoms. The Balaban J connectivity index is 1.82. The summed E-state index contributed by atoms with van der Waals surface area (Å²) in [6.07, 6.45) is 4.51. The number of hydrogen-bond acceptors (Lipinski definition) is 4. The van der Waals surface area contributed by atoms with E-state index in [0.29, 0.717) is 16.8 Å². The first-order valence-corrected chi connectivity index (χ1v) is 8.58. The molecule has 5 nitrogen and oxygen atoms in total. The molecule has 1 amide bonds. The van der Waals surface area contributed by atoms with Crippen LogP contribution in [-0.2, 0) is 0 Å². The van der Waals surface area contributed by atoms with Crippen LogP contribution in [0.3, 0.4) is 0 Å². The van der Waals surface area contributed by atoms with Crippen molar-refractivity contribution in [3.63, 3.8) is 0 Å². The molecule has 0 spiro atoms. The van der Waals surface area contributed by atoms with E-state index < -0.39 is 0 Å². The molecule has 1 saturated heterocycles. The lowest BCUT2D eigenvalue weighted by Gasteiger charge is -2.19. The zero-order chi connectivity index (χ0) is 15.5. The second-order valence-corrected chi connectivity index (χ2v) is 7.11. The average Bonchev–Trinajstić information content (AvgIpc) is 2.79. The number of nitrogens with zero attached hydrogens (tertiary/aromatic N) is 3. The molecule has 1 aliphatic heterocycles. The predicted octanol–water partition coefficient (Wildman–Crippen LogP) is 2.75. The zero-order valence-corrected chi connectivity index (χ0v) is 13.7. The maximum absolute atomic E-state index is 12.7. The highest BCUT2D eigenvalue weighted by atomic mass is 32.2. The Morgan fingerprint density at radius 1 is 1.45 bits per heavy atom. The van der Waals surface area contributed by atoms with Gasteiger partial charge in [-0.2, -0.15) is 11.8 Å². The molecule has 3 heterocycles. The number of imidazole rings is 1. The number of rotatable bonds is 2. The number of aromatic amines is 1. The summed E-state index contributed by atoms with van der Waals surface area (Å²) in [4.78, 5) is 26.5. The van der Waals surface area contributed by atoms with Crippen LogP contribution in [0.25, 0.3) is 11.4 Å². The second kappa shape index (κ2) is 6.52. The molecular formula is C16H20N4OS. The number of nitrogens with one attached hydrogen (secondary N) is 1. The molecule has 2 aromatic rings. The van der Waals surface area contributed by atoms with Gasteiger partial charge in [-0.05, 0) is 25.5 Å². The smallest absolute Gasteiger partial charge is 0.274 e. The predicted molar refractivity (Wildman–Crippen MR) is 89.0 cm³/mol. The average molecular weight is 316 g/mol. The summed E-state index contributed by atoms with van der Waals surface area (Å²) in [5.74, 6) is 1.72. The summed E-state index contributed by atoms with van der Waals surface area (Å²) < 4.78 is 0. The van der Waals surface area contributed by atoms with Gasteiger partial charge in [-0.3, -0.25) is 9.78 Å². The van der Waals surface area contributed by atoms with Gasteiger partial charge in [0.05, 0.1) is 0 Å². The third kappa shape index (κ3) is 3.16. The van der Waals surface area contributed by atoms with Gasteiger partial charge in [0.1, 0.15) is 11.5 Å². The topological polar surface area (TPSA) is 61.9 Å². The standard InChI is InChI=1S/C16H20N4OS/c1-11-5-7-20(8-9-22-11)16(21)14-12(2)18-15(19-14)13-4-3-6-17-10-13/h3-4,6,10-11H,5,7-9H2,1-2H3,(H,18,19). The summed E-state index contributed by atoms with van der Waals surface area (Å²) in [6.45, 7) is 5.72. The molecule has 2 aromatic heterocycles. The van der Waals surface area contributed by atoms with Crippen molar-refractivity contribution < 1.29 is 4.79 Å². The number of amides is 1. The monoisotopic (exact) mass is 316 g/mol. The van der Waals surface area contributed by atoms with Crippen molar-refractivity contribution in [1.29, 1.82) is 0 Å². The number of thioether (sulfide) groups is 1. The van der Waals surface area contributed by atoms with Gasteiger partial charge in [0.15, 0.2) is 0 Å². The van der Waals surface area contributed by atoms with Gasteiger partial charge in [-0.15, -0.1) is 0 Å². The van der Waals surface area contributed by atoms with Crippen LogP contribution in [0, 0.1) is 6.92 Å². The lowest BCUT2D eigenvalue weighted by atomic mass is 10.2. The fourth-order valence-corrected chi connectivity index (χ4v) is 3.56. The van der Waals surface area contributed by atoms with Gasteiger partial charge in [0.25, 0.3) is 5.91 Å². The Labute approximate surface area is 134 Å². The first kappa shape index (κ1) is 15.1. The Bertz CT molecular complexity index is 655. The Morgan fingerprint density at radius 2 is 2.32 bits per heavy atom. The second-order valence-electron chi connectivity index (χ2n) is 5.56. The number of carbonyl (C=O) groups is 1. The highest BCUT2D eigenvalue weighted by Gasteiger charge is 2.24. The summed E-state index contributed by atoms with van der Waals surface area (Å²) in [6, 6.07) is 3.80. The van der Waals surface area contributed by atoms with E-state index in [1.807, 2.05) is 35.7 Å². The SMILES string of the molecule is Cc1[nH]c(-c2cccnc2)nc1C(=O)N1CCSC(C)CC1. The summed E-state index contributed by atoms with van der Waals surface area (Å²) >= 11 is 1.93. The molecule has 0 saturated carbocycles. The first-order valence-electron chi connectivity index (χ1n) is 7.53. The highest BCUT2D eigenvalue weighted by molar-refractivity contribution is 7.99. The lowest BCUT2D eigenvalue weighted by Crippen LogP contribution is -2.33. The van der Waals surface area contributed by atoms with Crippen molar-refractivity contribution in [3.8, 4) is 11.4 Å². The number of aromatic nitrogens is 3. The van der Waals surface area contributed by atoms with E-state index in [1.54, 1.807) is 12.4 Å². The van der Waals surface area contributed by atoms with Crippen LogP contribution in [0.5, 0.6) is 0 Å².